The number of nitrogens with zero attached hydrogens (tertiary/aromatic N) is 3. The van der Waals surface area contributed by atoms with Crippen molar-refractivity contribution in [2.24, 2.45) is 5.73 Å². The summed E-state index contributed by atoms with van der Waals surface area (Å²) >= 11 is 1.86. The standard InChI is InChI=1S/C11H20N4S/c1-4-10(8-16-3)15(2)11-7-13-9(5-12)6-14-11/h6-7,10H,4-5,8,12H2,1-3H3. The highest BCUT2D eigenvalue weighted by molar-refractivity contribution is 7.98. The van der Waals surface area contributed by atoms with Gasteiger partial charge in [-0.3, -0.25) is 4.98 Å². The normalized spacial score (nSPS) is 12.5. The van der Waals surface area contributed by atoms with E-state index in [-0.39, 0.29) is 0 Å². The molecule has 1 unspecified atom stereocenters. The Labute approximate surface area is 102 Å². The quantitative estimate of drug-likeness (QED) is 0.817. The molecule has 0 saturated heterocycles. The van der Waals surface area contributed by atoms with Gasteiger partial charge in [-0.2, -0.15) is 11.8 Å². The molecular weight excluding hydrogens is 220 g/mol. The predicted octanol–water partition coefficient (Wildman–Crippen LogP) is 1.51. The van der Waals surface area contributed by atoms with E-state index in [2.05, 4.69) is 35.1 Å². The first-order valence-electron chi connectivity index (χ1n) is 5.45. The molecule has 0 spiro atoms. The first kappa shape index (κ1) is 13.3. The summed E-state index contributed by atoms with van der Waals surface area (Å²) in [6, 6.07) is 0.507. The number of aromatic nitrogens is 2. The predicted molar refractivity (Wildman–Crippen MR) is 70.8 cm³/mol. The monoisotopic (exact) mass is 240 g/mol. The fraction of sp³-hybridized carbons (Fsp3) is 0.636. The number of anilines is 1. The van der Waals surface area contributed by atoms with Gasteiger partial charge < -0.3 is 10.6 Å². The molecule has 5 heteroatoms. The topological polar surface area (TPSA) is 55.0 Å². The zero-order valence-electron chi connectivity index (χ0n) is 10.2. The molecule has 0 aliphatic carbocycles. The van der Waals surface area contributed by atoms with Crippen molar-refractivity contribution in [2.75, 3.05) is 24.0 Å². The number of rotatable bonds is 6. The van der Waals surface area contributed by atoms with Crippen molar-refractivity contribution >= 4 is 17.6 Å². The molecule has 1 aromatic rings. The van der Waals surface area contributed by atoms with Gasteiger partial charge in [-0.05, 0) is 12.7 Å². The molecule has 0 radical (unpaired) electrons. The van der Waals surface area contributed by atoms with E-state index in [0.717, 1.165) is 23.7 Å². The largest absolute Gasteiger partial charge is 0.355 e. The van der Waals surface area contributed by atoms with Gasteiger partial charge in [-0.1, -0.05) is 6.92 Å². The van der Waals surface area contributed by atoms with Crippen LogP contribution in [0.25, 0.3) is 0 Å². The van der Waals surface area contributed by atoms with Crippen LogP contribution in [0, 0.1) is 0 Å². The van der Waals surface area contributed by atoms with E-state index in [0.29, 0.717) is 12.6 Å². The van der Waals surface area contributed by atoms with Crippen LogP contribution >= 0.6 is 11.8 Å². The average Bonchev–Trinajstić information content (AvgIpc) is 2.35. The van der Waals surface area contributed by atoms with E-state index in [4.69, 9.17) is 5.73 Å². The van der Waals surface area contributed by atoms with E-state index in [9.17, 15) is 0 Å². The Morgan fingerprint density at radius 2 is 2.19 bits per heavy atom. The van der Waals surface area contributed by atoms with Crippen molar-refractivity contribution in [1.82, 2.24) is 9.97 Å². The van der Waals surface area contributed by atoms with Crippen LogP contribution in [0.3, 0.4) is 0 Å². The fourth-order valence-electron chi connectivity index (χ4n) is 1.52. The molecule has 1 atom stereocenters. The van der Waals surface area contributed by atoms with Gasteiger partial charge in [0.25, 0.3) is 0 Å². The molecule has 2 N–H and O–H groups in total. The van der Waals surface area contributed by atoms with Crippen molar-refractivity contribution in [1.29, 1.82) is 0 Å². The SMILES string of the molecule is CCC(CSC)N(C)c1cnc(CN)cn1. The van der Waals surface area contributed by atoms with Gasteiger partial charge in [0, 0.05) is 25.4 Å². The molecule has 0 saturated carbocycles. The Bertz CT molecular complexity index is 301. The summed E-state index contributed by atoms with van der Waals surface area (Å²) in [6.07, 6.45) is 6.78. The van der Waals surface area contributed by atoms with Crippen LogP contribution in [0.2, 0.25) is 0 Å². The summed E-state index contributed by atoms with van der Waals surface area (Å²) in [7, 11) is 2.07. The third-order valence-corrected chi connectivity index (χ3v) is 3.36. The molecule has 0 bridgehead atoms. The van der Waals surface area contributed by atoms with E-state index in [1.165, 1.54) is 0 Å². The van der Waals surface area contributed by atoms with Crippen LogP contribution in [0.1, 0.15) is 19.0 Å². The van der Waals surface area contributed by atoms with Crippen molar-refractivity contribution in [3.8, 4) is 0 Å². The minimum absolute atomic E-state index is 0.443. The maximum atomic E-state index is 5.49. The zero-order valence-corrected chi connectivity index (χ0v) is 11.0. The van der Waals surface area contributed by atoms with Crippen LogP contribution < -0.4 is 10.6 Å². The van der Waals surface area contributed by atoms with Crippen LogP contribution in [0.5, 0.6) is 0 Å². The van der Waals surface area contributed by atoms with Crippen molar-refractivity contribution in [3.63, 3.8) is 0 Å². The van der Waals surface area contributed by atoms with E-state index < -0.39 is 0 Å². The molecular formula is C11H20N4S. The van der Waals surface area contributed by atoms with Gasteiger partial charge in [0.15, 0.2) is 0 Å². The Morgan fingerprint density at radius 3 is 2.62 bits per heavy atom. The maximum Gasteiger partial charge on any atom is 0.147 e. The second-order valence-corrected chi connectivity index (χ2v) is 4.61. The van der Waals surface area contributed by atoms with Crippen LogP contribution in [0.4, 0.5) is 5.82 Å². The van der Waals surface area contributed by atoms with E-state index in [1.54, 1.807) is 12.4 Å². The summed E-state index contributed by atoms with van der Waals surface area (Å²) in [5.41, 5.74) is 6.32. The Balaban J connectivity index is 2.73. The van der Waals surface area contributed by atoms with Gasteiger partial charge in [-0.25, -0.2) is 4.98 Å². The molecule has 4 nitrogen and oxygen atoms in total. The fourth-order valence-corrected chi connectivity index (χ4v) is 2.36. The summed E-state index contributed by atoms with van der Waals surface area (Å²) in [5, 5.41) is 0. The molecule has 90 valence electrons. The Morgan fingerprint density at radius 1 is 1.44 bits per heavy atom. The molecule has 1 heterocycles. The van der Waals surface area contributed by atoms with Crippen molar-refractivity contribution in [2.45, 2.75) is 25.9 Å². The highest BCUT2D eigenvalue weighted by Crippen LogP contribution is 2.15. The molecule has 0 fully saturated rings. The van der Waals surface area contributed by atoms with Crippen LogP contribution in [0.15, 0.2) is 12.4 Å². The maximum absolute atomic E-state index is 5.49. The number of hydrogen-bond donors (Lipinski definition) is 1. The molecule has 1 aromatic heterocycles. The van der Waals surface area contributed by atoms with Crippen molar-refractivity contribution in [3.05, 3.63) is 18.1 Å². The first-order chi connectivity index (χ1) is 7.72. The Hall–Kier alpha value is -0.810. The molecule has 0 aromatic carbocycles. The smallest absolute Gasteiger partial charge is 0.147 e. The second kappa shape index (κ2) is 6.70. The first-order valence-corrected chi connectivity index (χ1v) is 6.85. The summed E-state index contributed by atoms with van der Waals surface area (Å²) in [5.74, 6) is 2.02. The van der Waals surface area contributed by atoms with Gasteiger partial charge >= 0.3 is 0 Å². The third kappa shape index (κ3) is 3.35. The minimum Gasteiger partial charge on any atom is -0.355 e. The Kier molecular flexibility index (Phi) is 5.55. The van der Waals surface area contributed by atoms with Crippen LogP contribution in [-0.4, -0.2) is 35.1 Å². The lowest BCUT2D eigenvalue weighted by molar-refractivity contribution is 0.663. The average molecular weight is 240 g/mol. The van der Waals surface area contributed by atoms with Crippen LogP contribution in [-0.2, 0) is 6.54 Å². The van der Waals surface area contributed by atoms with Gasteiger partial charge in [0.2, 0.25) is 0 Å². The molecule has 0 amide bonds. The van der Waals surface area contributed by atoms with Crippen molar-refractivity contribution < 1.29 is 0 Å². The zero-order chi connectivity index (χ0) is 12.0. The third-order valence-electron chi connectivity index (χ3n) is 2.64. The lowest BCUT2D eigenvalue weighted by Gasteiger charge is -2.27. The highest BCUT2D eigenvalue weighted by Gasteiger charge is 2.13. The summed E-state index contributed by atoms with van der Waals surface area (Å²) < 4.78 is 0. The van der Waals surface area contributed by atoms with Gasteiger partial charge in [0.05, 0.1) is 18.1 Å². The molecule has 16 heavy (non-hydrogen) atoms. The number of thioether (sulfide) groups is 1. The molecule has 0 aliphatic heterocycles. The lowest BCUT2D eigenvalue weighted by Crippen LogP contribution is -2.33. The lowest BCUT2D eigenvalue weighted by atomic mass is 10.2. The second-order valence-electron chi connectivity index (χ2n) is 3.70. The van der Waals surface area contributed by atoms with E-state index in [1.807, 2.05) is 11.8 Å². The number of hydrogen-bond acceptors (Lipinski definition) is 5. The van der Waals surface area contributed by atoms with Gasteiger partial charge in [-0.15, -0.1) is 0 Å². The van der Waals surface area contributed by atoms with E-state index >= 15 is 0 Å². The highest BCUT2D eigenvalue weighted by atomic mass is 32.2. The summed E-state index contributed by atoms with van der Waals surface area (Å²) in [6.45, 7) is 2.64. The molecule has 0 aliphatic rings. The summed E-state index contributed by atoms with van der Waals surface area (Å²) in [4.78, 5) is 10.8. The minimum atomic E-state index is 0.443. The molecule has 1 rings (SSSR count). The number of nitrogens with two attached hydrogens (primary N) is 1. The van der Waals surface area contributed by atoms with Gasteiger partial charge in [0.1, 0.15) is 5.82 Å².